The Hall–Kier alpha value is -3.37. The minimum Gasteiger partial charge on any atom is -0.408 e. The van der Waals surface area contributed by atoms with Crippen LogP contribution in [0.15, 0.2) is 35.1 Å². The van der Waals surface area contributed by atoms with Crippen molar-refractivity contribution >= 4 is 11.5 Å². The first-order valence-electron chi connectivity index (χ1n) is 9.67. The van der Waals surface area contributed by atoms with E-state index in [1.54, 1.807) is 6.33 Å². The summed E-state index contributed by atoms with van der Waals surface area (Å²) in [6, 6.07) is 3.66. The second-order valence-corrected chi connectivity index (χ2v) is 7.63. The van der Waals surface area contributed by atoms with Crippen LogP contribution < -0.4 is 4.90 Å². The number of nitrogens with zero attached hydrogens (tertiary/aromatic N) is 6. The van der Waals surface area contributed by atoms with E-state index in [0.717, 1.165) is 24.6 Å². The number of anilines is 1. The molecule has 1 aliphatic carbocycles. The molecule has 0 bridgehead atoms. The molecular formula is C19H16F3N7O. The molecule has 1 atom stereocenters. The molecule has 4 aromatic heterocycles. The van der Waals surface area contributed by atoms with Gasteiger partial charge in [0, 0.05) is 30.8 Å². The van der Waals surface area contributed by atoms with Crippen molar-refractivity contribution in [1.29, 1.82) is 0 Å². The van der Waals surface area contributed by atoms with Gasteiger partial charge in [-0.05, 0) is 31.0 Å². The number of alkyl halides is 3. The molecule has 0 amide bonds. The maximum atomic E-state index is 13.5. The van der Waals surface area contributed by atoms with Gasteiger partial charge in [0.2, 0.25) is 5.89 Å². The molecule has 6 rings (SSSR count). The van der Waals surface area contributed by atoms with Gasteiger partial charge in [-0.2, -0.15) is 18.3 Å². The molecule has 30 heavy (non-hydrogen) atoms. The van der Waals surface area contributed by atoms with Gasteiger partial charge >= 0.3 is 12.2 Å². The van der Waals surface area contributed by atoms with E-state index in [4.69, 9.17) is 4.42 Å². The van der Waals surface area contributed by atoms with Crippen molar-refractivity contribution < 1.29 is 17.6 Å². The van der Waals surface area contributed by atoms with E-state index in [1.165, 1.54) is 22.8 Å². The summed E-state index contributed by atoms with van der Waals surface area (Å²) in [6.45, 7) is 0.548. The molecule has 1 N–H and O–H groups in total. The van der Waals surface area contributed by atoms with Crippen molar-refractivity contribution in [2.75, 3.05) is 11.4 Å². The molecule has 1 aliphatic heterocycles. The van der Waals surface area contributed by atoms with E-state index in [2.05, 4.69) is 25.3 Å². The highest BCUT2D eigenvalue weighted by Gasteiger charge is 2.39. The average molecular weight is 415 g/mol. The number of imidazole rings is 1. The molecule has 4 aromatic rings. The first kappa shape index (κ1) is 17.5. The lowest BCUT2D eigenvalue weighted by atomic mass is 10.00. The van der Waals surface area contributed by atoms with Crippen molar-refractivity contribution in [2.24, 2.45) is 0 Å². The third kappa shape index (κ3) is 2.68. The van der Waals surface area contributed by atoms with Crippen LogP contribution >= 0.6 is 0 Å². The van der Waals surface area contributed by atoms with E-state index in [0.29, 0.717) is 42.2 Å². The number of hydrogen-bond donors (Lipinski definition) is 1. The maximum absolute atomic E-state index is 13.5. The molecule has 154 valence electrons. The van der Waals surface area contributed by atoms with Crippen molar-refractivity contribution in [3.05, 3.63) is 59.3 Å². The summed E-state index contributed by atoms with van der Waals surface area (Å²) in [5.74, 6) is 0.908. The standard InChI is InChI=1S/C19H16F3N7O/c20-19(21,22)11-2-1-6-29-14(11)8-13(27-29)16-15-12(23-9-24-15)5-7-28(16)18-26-25-17(30-18)10-3-4-10/h1-2,6,8-10,16H,3-5,7H2,(H,23,24)/t16-/m0/s1. The van der Waals surface area contributed by atoms with Crippen molar-refractivity contribution in [3.8, 4) is 0 Å². The third-order valence-corrected chi connectivity index (χ3v) is 5.63. The van der Waals surface area contributed by atoms with Gasteiger partial charge in [-0.15, -0.1) is 5.10 Å². The third-order valence-electron chi connectivity index (χ3n) is 5.63. The zero-order valence-electron chi connectivity index (χ0n) is 15.6. The highest BCUT2D eigenvalue weighted by molar-refractivity contribution is 5.58. The Balaban J connectivity index is 1.49. The summed E-state index contributed by atoms with van der Waals surface area (Å²) in [7, 11) is 0. The minimum atomic E-state index is -4.48. The molecular weight excluding hydrogens is 399 g/mol. The van der Waals surface area contributed by atoms with Crippen molar-refractivity contribution in [2.45, 2.75) is 37.4 Å². The molecule has 2 aliphatic rings. The van der Waals surface area contributed by atoms with Crippen LogP contribution in [0.5, 0.6) is 0 Å². The second-order valence-electron chi connectivity index (χ2n) is 7.63. The molecule has 8 nitrogen and oxygen atoms in total. The predicted molar refractivity (Wildman–Crippen MR) is 97.9 cm³/mol. The summed E-state index contributed by atoms with van der Waals surface area (Å²) in [5.41, 5.74) is 1.32. The van der Waals surface area contributed by atoms with Gasteiger partial charge in [-0.25, -0.2) is 9.50 Å². The topological polar surface area (TPSA) is 88.1 Å². The van der Waals surface area contributed by atoms with Crippen LogP contribution in [-0.2, 0) is 12.6 Å². The minimum absolute atomic E-state index is 0.00759. The molecule has 0 saturated heterocycles. The van der Waals surface area contributed by atoms with Crippen LogP contribution in [0, 0.1) is 0 Å². The molecule has 0 spiro atoms. The summed E-state index contributed by atoms with van der Waals surface area (Å²) in [5, 5.41) is 12.8. The Morgan fingerprint density at radius 1 is 1.20 bits per heavy atom. The normalized spacial score (nSPS) is 19.4. The fourth-order valence-electron chi connectivity index (χ4n) is 4.03. The lowest BCUT2D eigenvalue weighted by molar-refractivity contribution is -0.136. The number of hydrogen-bond acceptors (Lipinski definition) is 6. The first-order valence-corrected chi connectivity index (χ1v) is 9.67. The van der Waals surface area contributed by atoms with Crippen LogP contribution in [-0.4, -0.2) is 36.3 Å². The number of rotatable bonds is 3. The number of nitrogens with one attached hydrogen (secondary N) is 1. The van der Waals surface area contributed by atoms with Crippen molar-refractivity contribution in [1.82, 2.24) is 29.8 Å². The summed E-state index contributed by atoms with van der Waals surface area (Å²) >= 11 is 0. The smallest absolute Gasteiger partial charge is 0.408 e. The number of aromatic nitrogens is 6. The zero-order valence-corrected chi connectivity index (χ0v) is 15.6. The van der Waals surface area contributed by atoms with Gasteiger partial charge in [-0.3, -0.25) is 0 Å². The number of aromatic amines is 1. The van der Waals surface area contributed by atoms with E-state index in [-0.39, 0.29) is 5.52 Å². The highest BCUT2D eigenvalue weighted by atomic mass is 19.4. The molecule has 1 fully saturated rings. The Kier molecular flexibility index (Phi) is 3.54. The van der Waals surface area contributed by atoms with Gasteiger partial charge < -0.3 is 14.3 Å². The Bertz CT molecular complexity index is 1240. The molecule has 5 heterocycles. The molecule has 0 unspecified atom stereocenters. The van der Waals surface area contributed by atoms with Crippen LogP contribution in [0.25, 0.3) is 5.52 Å². The highest BCUT2D eigenvalue weighted by Crippen LogP contribution is 2.42. The van der Waals surface area contributed by atoms with Crippen molar-refractivity contribution in [3.63, 3.8) is 0 Å². The summed E-state index contributed by atoms with van der Waals surface area (Å²) < 4.78 is 47.6. The van der Waals surface area contributed by atoms with E-state index in [1.807, 2.05) is 4.90 Å². The van der Waals surface area contributed by atoms with Gasteiger partial charge in [0.15, 0.2) is 0 Å². The fraction of sp³-hybridized carbons (Fsp3) is 0.368. The van der Waals surface area contributed by atoms with Gasteiger partial charge in [0.25, 0.3) is 0 Å². The summed E-state index contributed by atoms with van der Waals surface area (Å²) in [6.07, 6.45) is 1.35. The maximum Gasteiger partial charge on any atom is 0.418 e. The monoisotopic (exact) mass is 415 g/mol. The lowest BCUT2D eigenvalue weighted by Gasteiger charge is -2.32. The van der Waals surface area contributed by atoms with Gasteiger partial charge in [-0.1, -0.05) is 5.10 Å². The Labute approximate surface area is 167 Å². The number of halogens is 3. The van der Waals surface area contributed by atoms with Crippen LogP contribution in [0.4, 0.5) is 19.2 Å². The predicted octanol–water partition coefficient (Wildman–Crippen LogP) is 3.49. The van der Waals surface area contributed by atoms with Gasteiger partial charge in [0.1, 0.15) is 6.04 Å². The van der Waals surface area contributed by atoms with Gasteiger partial charge in [0.05, 0.1) is 28.8 Å². The van der Waals surface area contributed by atoms with E-state index >= 15 is 0 Å². The molecule has 11 heteroatoms. The quantitative estimate of drug-likeness (QED) is 0.551. The lowest BCUT2D eigenvalue weighted by Crippen LogP contribution is -2.36. The average Bonchev–Trinajstić information content (AvgIpc) is 3.13. The summed E-state index contributed by atoms with van der Waals surface area (Å²) in [4.78, 5) is 9.41. The molecule has 0 radical (unpaired) electrons. The van der Waals surface area contributed by atoms with Crippen LogP contribution in [0.3, 0.4) is 0 Å². The fourth-order valence-corrected chi connectivity index (χ4v) is 4.03. The second kappa shape index (κ2) is 6.07. The van der Waals surface area contributed by atoms with Crippen LogP contribution in [0.2, 0.25) is 0 Å². The van der Waals surface area contributed by atoms with Crippen LogP contribution in [0.1, 0.15) is 53.3 Å². The Morgan fingerprint density at radius 2 is 2.07 bits per heavy atom. The largest absolute Gasteiger partial charge is 0.418 e. The van der Waals surface area contributed by atoms with E-state index < -0.39 is 17.8 Å². The first-order chi connectivity index (χ1) is 14.5. The molecule has 1 saturated carbocycles. The number of fused-ring (bicyclic) bond motifs is 2. The zero-order chi connectivity index (χ0) is 20.5. The van der Waals surface area contributed by atoms with E-state index in [9.17, 15) is 13.2 Å². The molecule has 0 aromatic carbocycles. The number of pyridine rings is 1. The Morgan fingerprint density at radius 3 is 2.87 bits per heavy atom. The number of H-pyrrole nitrogens is 1. The SMILES string of the molecule is FC(F)(F)c1cccn2nc([C@H]3c4nc[nH]c4CCN3c3nnc(C4CC4)o3)cc12.